The first-order valence-electron chi connectivity index (χ1n) is 3.71. The third-order valence-electron chi connectivity index (χ3n) is 1.48. The summed E-state index contributed by atoms with van der Waals surface area (Å²) in [6.07, 6.45) is -4.60. The second-order valence-electron chi connectivity index (χ2n) is 2.65. The van der Waals surface area contributed by atoms with Gasteiger partial charge in [0.25, 0.3) is 0 Å². The summed E-state index contributed by atoms with van der Waals surface area (Å²) in [6, 6.07) is 1.13. The van der Waals surface area contributed by atoms with Gasteiger partial charge < -0.3 is 4.74 Å². The zero-order chi connectivity index (χ0) is 11.6. The molecule has 0 radical (unpaired) electrons. The number of alkyl halides is 3. The van der Waals surface area contributed by atoms with Crippen molar-refractivity contribution in [3.05, 3.63) is 21.0 Å². The number of carbonyl (C=O) groups excluding carboxylic acids is 1. The molecule has 0 aliphatic rings. The van der Waals surface area contributed by atoms with Crippen LogP contribution in [0.5, 0.6) is 5.75 Å². The lowest BCUT2D eigenvalue weighted by Crippen LogP contribution is -2.18. The van der Waals surface area contributed by atoms with Crippen LogP contribution < -0.4 is 4.74 Å². The number of aldehydes is 1. The van der Waals surface area contributed by atoms with Gasteiger partial charge in [-0.25, -0.2) is 4.98 Å². The van der Waals surface area contributed by atoms with Crippen molar-refractivity contribution in [1.29, 1.82) is 0 Å². The molecule has 1 rings (SSSR count). The summed E-state index contributed by atoms with van der Waals surface area (Å²) in [5, 5.41) is 0. The van der Waals surface area contributed by atoms with E-state index in [1.54, 1.807) is 6.92 Å². The lowest BCUT2D eigenvalue weighted by molar-refractivity contribution is -0.274. The number of halogens is 4. The summed E-state index contributed by atoms with van der Waals surface area (Å²) in [4.78, 5) is 14.1. The second-order valence-corrected chi connectivity index (χ2v) is 3.67. The molecule has 0 N–H and O–H groups in total. The Bertz CT molecular complexity index is 392. The fraction of sp³-hybridized carbons (Fsp3) is 0.250. The van der Waals surface area contributed by atoms with Crippen molar-refractivity contribution in [2.24, 2.45) is 0 Å². The minimum absolute atomic E-state index is 0.225. The zero-order valence-corrected chi connectivity index (χ0v) is 9.59. The molecule has 0 aliphatic carbocycles. The van der Waals surface area contributed by atoms with Crippen LogP contribution in [0, 0.1) is 10.6 Å². The Morgan fingerprint density at radius 2 is 2.13 bits per heavy atom. The quantitative estimate of drug-likeness (QED) is 0.475. The van der Waals surface area contributed by atoms with E-state index >= 15 is 0 Å². The van der Waals surface area contributed by atoms with E-state index in [1.807, 2.05) is 22.6 Å². The number of rotatable bonds is 2. The largest absolute Gasteiger partial charge is 0.573 e. The van der Waals surface area contributed by atoms with Gasteiger partial charge in [0.05, 0.1) is 0 Å². The van der Waals surface area contributed by atoms with Gasteiger partial charge in [0.2, 0.25) is 0 Å². The number of nitrogens with zero attached hydrogens (tertiary/aromatic N) is 1. The summed E-state index contributed by atoms with van der Waals surface area (Å²) >= 11 is 1.82. The molecule has 0 saturated carbocycles. The zero-order valence-electron chi connectivity index (χ0n) is 7.43. The molecule has 1 aromatic rings. The molecule has 0 unspecified atom stereocenters. The van der Waals surface area contributed by atoms with Gasteiger partial charge in [-0.3, -0.25) is 4.79 Å². The van der Waals surface area contributed by atoms with Crippen LogP contribution in [0.4, 0.5) is 13.2 Å². The summed E-state index contributed by atoms with van der Waals surface area (Å²) < 4.78 is 39.9. The molecule has 0 atom stereocenters. The number of carbonyl (C=O) groups is 1. The van der Waals surface area contributed by atoms with Crippen LogP contribution in [0.25, 0.3) is 0 Å². The van der Waals surface area contributed by atoms with E-state index in [2.05, 4.69) is 9.72 Å². The summed E-state index contributed by atoms with van der Waals surface area (Å²) in [6.45, 7) is 1.58. The summed E-state index contributed by atoms with van der Waals surface area (Å²) in [5.41, 5.74) is 0.155. The molecule has 3 nitrogen and oxygen atoms in total. The molecule has 1 heterocycles. The molecule has 82 valence electrons. The Morgan fingerprint density at radius 1 is 1.53 bits per heavy atom. The maximum Gasteiger partial charge on any atom is 0.573 e. The normalized spacial score (nSPS) is 11.3. The Balaban J connectivity index is 3.16. The van der Waals surface area contributed by atoms with Gasteiger partial charge in [0, 0.05) is 0 Å². The van der Waals surface area contributed by atoms with Crippen molar-refractivity contribution in [3.8, 4) is 5.75 Å². The summed E-state index contributed by atoms with van der Waals surface area (Å²) in [5.74, 6) is -0.574. The van der Waals surface area contributed by atoms with E-state index in [1.165, 1.54) is 0 Å². The van der Waals surface area contributed by atoms with E-state index < -0.39 is 12.1 Å². The molecule has 0 aliphatic heterocycles. The van der Waals surface area contributed by atoms with Crippen LogP contribution in [-0.2, 0) is 0 Å². The van der Waals surface area contributed by atoms with Gasteiger partial charge in [-0.15, -0.1) is 13.2 Å². The highest BCUT2D eigenvalue weighted by Gasteiger charge is 2.32. The topological polar surface area (TPSA) is 39.2 Å². The predicted molar refractivity (Wildman–Crippen MR) is 53.8 cm³/mol. The minimum Gasteiger partial charge on any atom is -0.403 e. The Kier molecular flexibility index (Phi) is 3.53. The van der Waals surface area contributed by atoms with Crippen molar-refractivity contribution in [3.63, 3.8) is 0 Å². The van der Waals surface area contributed by atoms with Crippen molar-refractivity contribution in [2.45, 2.75) is 13.3 Å². The van der Waals surface area contributed by atoms with Crippen LogP contribution in [0.1, 0.15) is 16.1 Å². The van der Waals surface area contributed by atoms with Crippen LogP contribution in [-0.4, -0.2) is 17.6 Å². The number of hydrogen-bond acceptors (Lipinski definition) is 3. The molecule has 0 aromatic carbocycles. The van der Waals surface area contributed by atoms with Gasteiger partial charge in [-0.2, -0.15) is 0 Å². The van der Waals surface area contributed by atoms with Crippen molar-refractivity contribution in [2.75, 3.05) is 0 Å². The molecule has 0 spiro atoms. The van der Waals surface area contributed by atoms with Crippen LogP contribution in [0.2, 0.25) is 0 Å². The van der Waals surface area contributed by atoms with Crippen LogP contribution in [0.3, 0.4) is 0 Å². The highest BCUT2D eigenvalue weighted by Crippen LogP contribution is 2.26. The molecular weight excluding hydrogens is 326 g/mol. The van der Waals surface area contributed by atoms with E-state index in [4.69, 9.17) is 0 Å². The second kappa shape index (κ2) is 4.33. The molecular formula is C8H5F3INO2. The smallest absolute Gasteiger partial charge is 0.403 e. The molecule has 1 aromatic heterocycles. The lowest BCUT2D eigenvalue weighted by atomic mass is 10.2. The maximum absolute atomic E-state index is 11.9. The first-order chi connectivity index (χ1) is 6.83. The third-order valence-corrected chi connectivity index (χ3v) is 2.57. The molecule has 7 heteroatoms. The standard InChI is InChI=1S/C8H5F3INO2/c1-4-2-6(15-8(9,10)11)5(3-14)13-7(4)12/h2-3H,1H3. The maximum atomic E-state index is 11.9. The molecule has 0 saturated heterocycles. The number of ether oxygens (including phenoxy) is 1. The fourth-order valence-corrected chi connectivity index (χ4v) is 1.29. The molecule has 0 bridgehead atoms. The highest BCUT2D eigenvalue weighted by atomic mass is 127. The van der Waals surface area contributed by atoms with Gasteiger partial charge >= 0.3 is 6.36 Å². The van der Waals surface area contributed by atoms with E-state index in [0.29, 0.717) is 9.26 Å². The van der Waals surface area contributed by atoms with Gasteiger partial charge in [0.15, 0.2) is 12.0 Å². The Labute approximate surface area is 96.8 Å². The molecule has 0 amide bonds. The lowest BCUT2D eigenvalue weighted by Gasteiger charge is -2.11. The first kappa shape index (κ1) is 12.2. The average molecular weight is 331 g/mol. The monoisotopic (exact) mass is 331 g/mol. The van der Waals surface area contributed by atoms with E-state index in [0.717, 1.165) is 6.07 Å². The highest BCUT2D eigenvalue weighted by molar-refractivity contribution is 14.1. The first-order valence-corrected chi connectivity index (χ1v) is 4.79. The van der Waals surface area contributed by atoms with Crippen molar-refractivity contribution < 1.29 is 22.7 Å². The number of aromatic nitrogens is 1. The SMILES string of the molecule is Cc1cc(OC(F)(F)F)c(C=O)nc1I. The minimum atomic E-state index is -4.82. The van der Waals surface area contributed by atoms with Crippen LogP contribution >= 0.6 is 22.6 Å². The number of pyridine rings is 1. The van der Waals surface area contributed by atoms with Gasteiger partial charge in [-0.1, -0.05) is 0 Å². The van der Waals surface area contributed by atoms with E-state index in [-0.39, 0.29) is 12.0 Å². The van der Waals surface area contributed by atoms with Crippen LogP contribution in [0.15, 0.2) is 6.07 Å². The Morgan fingerprint density at radius 3 is 2.60 bits per heavy atom. The number of hydrogen-bond donors (Lipinski definition) is 0. The molecule has 0 fully saturated rings. The Hall–Kier alpha value is -0.860. The van der Waals surface area contributed by atoms with E-state index in [9.17, 15) is 18.0 Å². The number of aryl methyl sites for hydroxylation is 1. The molecule has 15 heavy (non-hydrogen) atoms. The van der Waals surface area contributed by atoms with Gasteiger partial charge in [0.1, 0.15) is 9.39 Å². The van der Waals surface area contributed by atoms with Crippen molar-refractivity contribution in [1.82, 2.24) is 4.98 Å². The third kappa shape index (κ3) is 3.33. The predicted octanol–water partition coefficient (Wildman–Crippen LogP) is 2.71. The fourth-order valence-electron chi connectivity index (χ4n) is 0.870. The van der Waals surface area contributed by atoms with Crippen molar-refractivity contribution >= 4 is 28.9 Å². The van der Waals surface area contributed by atoms with Gasteiger partial charge in [-0.05, 0) is 41.1 Å². The summed E-state index contributed by atoms with van der Waals surface area (Å²) in [7, 11) is 0. The average Bonchev–Trinajstić information content (AvgIpc) is 2.08.